The van der Waals surface area contributed by atoms with Crippen LogP contribution in [0.5, 0.6) is 0 Å². The van der Waals surface area contributed by atoms with Crippen molar-refractivity contribution in [1.82, 2.24) is 15.0 Å². The van der Waals surface area contributed by atoms with E-state index in [1.807, 2.05) is 30.3 Å². The van der Waals surface area contributed by atoms with Crippen molar-refractivity contribution >= 4 is 43.9 Å². The molecule has 62 heavy (non-hydrogen) atoms. The van der Waals surface area contributed by atoms with Gasteiger partial charge < -0.3 is 8.83 Å². The highest BCUT2D eigenvalue weighted by molar-refractivity contribution is 6.14. The minimum Gasteiger partial charge on any atom is -0.456 e. The van der Waals surface area contributed by atoms with Crippen molar-refractivity contribution in [3.05, 3.63) is 212 Å². The number of para-hydroxylation sites is 1. The topological polar surface area (TPSA) is 65.0 Å². The first kappa shape index (κ1) is 35.5. The number of fused-ring (bicyclic) bond motifs is 6. The van der Waals surface area contributed by atoms with E-state index in [1.54, 1.807) is 0 Å². The van der Waals surface area contributed by atoms with Gasteiger partial charge in [-0.1, -0.05) is 164 Å². The minimum absolute atomic E-state index is 0.565. The van der Waals surface area contributed by atoms with Gasteiger partial charge in [-0.15, -0.1) is 0 Å². The molecule has 0 saturated carbocycles. The summed E-state index contributed by atoms with van der Waals surface area (Å²) in [5, 5.41) is 4.29. The number of furan rings is 2. The van der Waals surface area contributed by atoms with E-state index in [0.29, 0.717) is 17.5 Å². The lowest BCUT2D eigenvalue weighted by atomic mass is 9.91. The largest absolute Gasteiger partial charge is 0.456 e. The summed E-state index contributed by atoms with van der Waals surface area (Å²) in [6.45, 7) is 0. The Kier molecular flexibility index (Phi) is 8.42. The van der Waals surface area contributed by atoms with Gasteiger partial charge in [-0.25, -0.2) is 15.0 Å². The van der Waals surface area contributed by atoms with E-state index >= 15 is 0 Å². The molecule has 9 aromatic carbocycles. The molecule has 12 aromatic rings. The summed E-state index contributed by atoms with van der Waals surface area (Å²) in [6, 6.07) is 73.4. The molecule has 12 rings (SSSR count). The average molecular weight is 794 g/mol. The molecule has 0 bridgehead atoms. The summed E-state index contributed by atoms with van der Waals surface area (Å²) in [4.78, 5) is 15.4. The molecule has 3 aromatic heterocycles. The van der Waals surface area contributed by atoms with E-state index in [-0.39, 0.29) is 0 Å². The Hall–Kier alpha value is -8.41. The van der Waals surface area contributed by atoms with Crippen molar-refractivity contribution in [3.63, 3.8) is 0 Å². The normalized spacial score (nSPS) is 11.5. The molecular weight excluding hydrogens is 759 g/mol. The molecule has 0 fully saturated rings. The third kappa shape index (κ3) is 6.23. The number of hydrogen-bond acceptors (Lipinski definition) is 5. The minimum atomic E-state index is 0.565. The van der Waals surface area contributed by atoms with Crippen molar-refractivity contribution in [3.8, 4) is 78.7 Å². The lowest BCUT2D eigenvalue weighted by Crippen LogP contribution is -2.00. The van der Waals surface area contributed by atoms with E-state index in [9.17, 15) is 0 Å². The molecular formula is C57H35N3O2. The van der Waals surface area contributed by atoms with Gasteiger partial charge in [0.1, 0.15) is 22.3 Å². The summed E-state index contributed by atoms with van der Waals surface area (Å²) in [7, 11) is 0. The zero-order valence-corrected chi connectivity index (χ0v) is 33.4. The van der Waals surface area contributed by atoms with Crippen molar-refractivity contribution in [2.45, 2.75) is 0 Å². The van der Waals surface area contributed by atoms with Crippen LogP contribution < -0.4 is 0 Å². The van der Waals surface area contributed by atoms with E-state index in [4.69, 9.17) is 23.8 Å². The number of aromatic nitrogens is 3. The number of hydrogen-bond donors (Lipinski definition) is 0. The van der Waals surface area contributed by atoms with Crippen LogP contribution in [0.4, 0.5) is 0 Å². The highest BCUT2D eigenvalue weighted by Crippen LogP contribution is 2.43. The molecule has 0 spiro atoms. The lowest BCUT2D eigenvalue weighted by Gasteiger charge is -2.12. The van der Waals surface area contributed by atoms with Gasteiger partial charge in [0.25, 0.3) is 0 Å². The van der Waals surface area contributed by atoms with Gasteiger partial charge in [0, 0.05) is 38.2 Å². The van der Waals surface area contributed by atoms with E-state index < -0.39 is 0 Å². The Morgan fingerprint density at radius 3 is 1.42 bits per heavy atom. The molecule has 0 unspecified atom stereocenters. The maximum absolute atomic E-state index is 6.69. The molecule has 0 saturated heterocycles. The van der Waals surface area contributed by atoms with Gasteiger partial charge in [-0.2, -0.15) is 0 Å². The third-order valence-electron chi connectivity index (χ3n) is 11.8. The third-order valence-corrected chi connectivity index (χ3v) is 11.8. The predicted molar refractivity (Wildman–Crippen MR) is 252 cm³/mol. The Balaban J connectivity index is 0.991. The van der Waals surface area contributed by atoms with Crippen LogP contribution in [0.1, 0.15) is 0 Å². The zero-order chi connectivity index (χ0) is 41.0. The first-order valence-electron chi connectivity index (χ1n) is 20.7. The van der Waals surface area contributed by atoms with Crippen LogP contribution in [-0.4, -0.2) is 15.0 Å². The Bertz CT molecular complexity index is 3540. The smallest absolute Gasteiger partial charge is 0.164 e. The van der Waals surface area contributed by atoms with Gasteiger partial charge >= 0.3 is 0 Å². The number of nitrogens with zero attached hydrogens (tertiary/aromatic N) is 3. The quantitative estimate of drug-likeness (QED) is 0.161. The zero-order valence-electron chi connectivity index (χ0n) is 33.4. The molecule has 0 aliphatic heterocycles. The molecule has 0 amide bonds. The van der Waals surface area contributed by atoms with Crippen molar-refractivity contribution in [2.75, 3.05) is 0 Å². The Morgan fingerprint density at radius 1 is 0.242 bits per heavy atom. The molecule has 5 nitrogen and oxygen atoms in total. The van der Waals surface area contributed by atoms with Crippen molar-refractivity contribution < 1.29 is 8.83 Å². The molecule has 0 aliphatic carbocycles. The molecule has 290 valence electrons. The van der Waals surface area contributed by atoms with Gasteiger partial charge in [-0.3, -0.25) is 0 Å². The maximum Gasteiger partial charge on any atom is 0.164 e. The highest BCUT2D eigenvalue weighted by Gasteiger charge is 2.19. The number of benzene rings is 9. The molecule has 0 atom stereocenters. The molecule has 5 heteroatoms. The second kappa shape index (κ2) is 14.7. The van der Waals surface area contributed by atoms with Crippen LogP contribution in [0.15, 0.2) is 221 Å². The monoisotopic (exact) mass is 793 g/mol. The fourth-order valence-corrected chi connectivity index (χ4v) is 8.75. The van der Waals surface area contributed by atoms with Crippen LogP contribution in [0.25, 0.3) is 123 Å². The van der Waals surface area contributed by atoms with E-state index in [1.165, 1.54) is 0 Å². The van der Waals surface area contributed by atoms with Crippen molar-refractivity contribution in [1.29, 1.82) is 0 Å². The maximum atomic E-state index is 6.69. The predicted octanol–water partition coefficient (Wildman–Crippen LogP) is 15.3. The number of rotatable bonds is 7. The molecule has 0 aliphatic rings. The Morgan fingerprint density at radius 2 is 0.726 bits per heavy atom. The van der Waals surface area contributed by atoms with Gasteiger partial charge in [0.15, 0.2) is 17.5 Å². The summed E-state index contributed by atoms with van der Waals surface area (Å²) in [5.41, 5.74) is 14.9. The molecule has 0 radical (unpaired) electrons. The van der Waals surface area contributed by atoms with Crippen LogP contribution in [0.3, 0.4) is 0 Å². The fourth-order valence-electron chi connectivity index (χ4n) is 8.75. The highest BCUT2D eigenvalue weighted by atomic mass is 16.3. The standard InChI is InChI=1S/C57H35N3O2/c1-3-14-36(15-4-1)38-18-11-20-41(32-38)55-58-56(42-21-12-19-39(33-42)37-16-5-2-6-17-37)60-57(59-55)43-28-30-48-53(35-43)62-52-27-13-25-47(54(48)52)45-23-8-7-22-44(45)40-29-31-51-49(34-40)46-24-9-10-26-50(46)61-51/h1-35H. The van der Waals surface area contributed by atoms with Crippen molar-refractivity contribution in [2.24, 2.45) is 0 Å². The molecule has 3 heterocycles. The van der Waals surface area contributed by atoms with Crippen LogP contribution in [-0.2, 0) is 0 Å². The Labute approximate surface area is 357 Å². The summed E-state index contributed by atoms with van der Waals surface area (Å²) in [6.07, 6.45) is 0. The summed E-state index contributed by atoms with van der Waals surface area (Å²) < 4.78 is 12.9. The van der Waals surface area contributed by atoms with Crippen LogP contribution >= 0.6 is 0 Å². The van der Waals surface area contributed by atoms with Gasteiger partial charge in [-0.05, 0) is 93.0 Å². The first-order chi connectivity index (χ1) is 30.7. The SMILES string of the molecule is c1ccc(-c2cccc(-c3nc(-c4cccc(-c5ccccc5)c4)nc(-c4ccc5c(c4)oc4cccc(-c6ccccc6-c6ccc7oc8ccccc8c7c6)c45)n3)c2)cc1. The first-order valence-corrected chi connectivity index (χ1v) is 20.7. The van der Waals surface area contributed by atoms with E-state index in [2.05, 4.69) is 182 Å². The van der Waals surface area contributed by atoms with Gasteiger partial charge in [0.05, 0.1) is 0 Å². The van der Waals surface area contributed by atoms with Gasteiger partial charge in [0.2, 0.25) is 0 Å². The van der Waals surface area contributed by atoms with Crippen LogP contribution in [0.2, 0.25) is 0 Å². The summed E-state index contributed by atoms with van der Waals surface area (Å²) >= 11 is 0. The second-order valence-corrected chi connectivity index (χ2v) is 15.5. The fraction of sp³-hybridized carbons (Fsp3) is 0. The average Bonchev–Trinajstić information content (AvgIpc) is 3.92. The summed E-state index contributed by atoms with van der Waals surface area (Å²) in [5.74, 6) is 1.76. The second-order valence-electron chi connectivity index (χ2n) is 15.5. The molecule has 0 N–H and O–H groups in total. The van der Waals surface area contributed by atoms with Crippen LogP contribution in [0, 0.1) is 0 Å². The van der Waals surface area contributed by atoms with E-state index in [0.717, 1.165) is 105 Å². The lowest BCUT2D eigenvalue weighted by molar-refractivity contribution is 0.668.